The van der Waals surface area contributed by atoms with E-state index < -0.39 is 26.1 Å². The summed E-state index contributed by atoms with van der Waals surface area (Å²) in [6.07, 6.45) is 0.266. The standard InChI is InChI=1S/C25H27N3O5S2/c1-4-34(29,30)27-23-8-6-5-7-22(23)24-17-25(19-11-13-20(33-3)14-12-19)28(26-24)35(31,32)21-15-9-18(2)10-16-21/h5-16,25,27H,4,17H2,1-3H3/t25-/m1/s1. The van der Waals surface area contributed by atoms with Gasteiger partial charge in [0.05, 0.1) is 35.2 Å². The molecule has 8 nitrogen and oxygen atoms in total. The largest absolute Gasteiger partial charge is 0.497 e. The second kappa shape index (κ2) is 9.71. The van der Waals surface area contributed by atoms with Crippen molar-refractivity contribution >= 4 is 31.4 Å². The Labute approximate surface area is 206 Å². The summed E-state index contributed by atoms with van der Waals surface area (Å²) in [4.78, 5) is 0.131. The Balaban J connectivity index is 1.81. The third kappa shape index (κ3) is 5.18. The van der Waals surface area contributed by atoms with Crippen LogP contribution in [0.3, 0.4) is 0 Å². The maximum atomic E-state index is 13.7. The molecule has 1 N–H and O–H groups in total. The minimum absolute atomic E-state index is 0.0871. The van der Waals surface area contributed by atoms with Crippen molar-refractivity contribution in [2.45, 2.75) is 31.2 Å². The third-order valence-electron chi connectivity index (χ3n) is 5.82. The van der Waals surface area contributed by atoms with E-state index in [2.05, 4.69) is 9.82 Å². The van der Waals surface area contributed by atoms with Crippen molar-refractivity contribution in [3.63, 3.8) is 0 Å². The number of rotatable bonds is 8. The van der Waals surface area contributed by atoms with Crippen molar-refractivity contribution in [2.24, 2.45) is 5.10 Å². The van der Waals surface area contributed by atoms with Crippen molar-refractivity contribution in [3.05, 3.63) is 89.5 Å². The van der Waals surface area contributed by atoms with Crippen molar-refractivity contribution in [3.8, 4) is 5.75 Å². The first kappa shape index (κ1) is 24.7. The average molecular weight is 514 g/mol. The lowest BCUT2D eigenvalue weighted by molar-refractivity contribution is 0.370. The second-order valence-electron chi connectivity index (χ2n) is 8.18. The fourth-order valence-electron chi connectivity index (χ4n) is 3.83. The zero-order valence-corrected chi connectivity index (χ0v) is 21.3. The zero-order valence-electron chi connectivity index (χ0n) is 19.7. The molecule has 3 aromatic rings. The van der Waals surface area contributed by atoms with E-state index in [-0.39, 0.29) is 17.1 Å². The highest BCUT2D eigenvalue weighted by molar-refractivity contribution is 7.92. The third-order valence-corrected chi connectivity index (χ3v) is 8.81. The summed E-state index contributed by atoms with van der Waals surface area (Å²) in [6, 6.07) is 20.0. The molecule has 1 heterocycles. The molecule has 0 saturated heterocycles. The van der Waals surface area contributed by atoms with Gasteiger partial charge in [-0.25, -0.2) is 8.42 Å². The van der Waals surface area contributed by atoms with Gasteiger partial charge in [0.15, 0.2) is 0 Å². The number of aryl methyl sites for hydroxylation is 1. The fourth-order valence-corrected chi connectivity index (χ4v) is 5.92. The molecule has 1 aliphatic rings. The molecule has 3 aromatic carbocycles. The summed E-state index contributed by atoms with van der Waals surface area (Å²) in [6.45, 7) is 3.44. The predicted molar refractivity (Wildman–Crippen MR) is 137 cm³/mol. The molecule has 10 heteroatoms. The Morgan fingerprint density at radius 3 is 2.26 bits per heavy atom. The summed E-state index contributed by atoms with van der Waals surface area (Å²) in [5.74, 6) is 0.566. The number of nitrogens with zero attached hydrogens (tertiary/aromatic N) is 2. The molecule has 0 bridgehead atoms. The number of ether oxygens (including phenoxy) is 1. The first-order valence-corrected chi connectivity index (χ1v) is 14.2. The van der Waals surface area contributed by atoms with E-state index in [1.54, 1.807) is 74.7 Å². The second-order valence-corrected chi connectivity index (χ2v) is 12.0. The van der Waals surface area contributed by atoms with E-state index in [1.807, 2.05) is 19.1 Å². The lowest BCUT2D eigenvalue weighted by atomic mass is 9.98. The molecule has 1 aliphatic heterocycles. The minimum atomic E-state index is -3.99. The Hall–Kier alpha value is -3.37. The van der Waals surface area contributed by atoms with Gasteiger partial charge in [-0.05, 0) is 49.7 Å². The maximum Gasteiger partial charge on any atom is 0.279 e. The summed E-state index contributed by atoms with van der Waals surface area (Å²) in [7, 11) is -5.96. The van der Waals surface area contributed by atoms with Crippen LogP contribution in [0.5, 0.6) is 5.75 Å². The van der Waals surface area contributed by atoms with Crippen LogP contribution in [0.4, 0.5) is 5.69 Å². The van der Waals surface area contributed by atoms with Crippen LogP contribution < -0.4 is 9.46 Å². The summed E-state index contributed by atoms with van der Waals surface area (Å²) in [5, 5.41) is 4.54. The van der Waals surface area contributed by atoms with Crippen molar-refractivity contribution < 1.29 is 21.6 Å². The van der Waals surface area contributed by atoms with Gasteiger partial charge in [-0.1, -0.05) is 48.0 Å². The lowest BCUT2D eigenvalue weighted by Crippen LogP contribution is -2.27. The maximum absolute atomic E-state index is 13.7. The predicted octanol–water partition coefficient (Wildman–Crippen LogP) is 4.31. The molecule has 4 rings (SSSR count). The van der Waals surface area contributed by atoms with Crippen LogP contribution in [-0.2, 0) is 20.0 Å². The van der Waals surface area contributed by atoms with Crippen molar-refractivity contribution in [1.29, 1.82) is 0 Å². The average Bonchev–Trinajstić information content (AvgIpc) is 3.31. The number of hydrazone groups is 1. The summed E-state index contributed by atoms with van der Waals surface area (Å²) in [5.41, 5.74) is 3.04. The highest BCUT2D eigenvalue weighted by atomic mass is 32.2. The van der Waals surface area contributed by atoms with E-state index in [0.29, 0.717) is 22.7 Å². The molecule has 0 spiro atoms. The number of benzene rings is 3. The van der Waals surface area contributed by atoms with Crippen LogP contribution in [0.25, 0.3) is 0 Å². The first-order chi connectivity index (χ1) is 16.6. The monoisotopic (exact) mass is 513 g/mol. The lowest BCUT2D eigenvalue weighted by Gasteiger charge is -2.23. The number of nitrogens with one attached hydrogen (secondary N) is 1. The van der Waals surface area contributed by atoms with Gasteiger partial charge in [-0.3, -0.25) is 4.72 Å². The Morgan fingerprint density at radius 2 is 1.63 bits per heavy atom. The molecule has 0 amide bonds. The Bertz CT molecular complexity index is 1450. The van der Waals surface area contributed by atoms with Gasteiger partial charge < -0.3 is 4.74 Å². The minimum Gasteiger partial charge on any atom is -0.497 e. The summed E-state index contributed by atoms with van der Waals surface area (Å²) >= 11 is 0. The van der Waals surface area contributed by atoms with Gasteiger partial charge in [-0.15, -0.1) is 0 Å². The van der Waals surface area contributed by atoms with Gasteiger partial charge in [-0.2, -0.15) is 17.9 Å². The highest BCUT2D eigenvalue weighted by Crippen LogP contribution is 2.38. The normalized spacial score (nSPS) is 16.1. The van der Waals surface area contributed by atoms with Crippen LogP contribution in [0.2, 0.25) is 0 Å². The molecule has 1 atom stereocenters. The van der Waals surface area contributed by atoms with E-state index in [9.17, 15) is 16.8 Å². The molecule has 0 fully saturated rings. The van der Waals surface area contributed by atoms with Gasteiger partial charge in [0.1, 0.15) is 5.75 Å². The van der Waals surface area contributed by atoms with Crippen molar-refractivity contribution in [1.82, 2.24) is 4.41 Å². The van der Waals surface area contributed by atoms with E-state index in [0.717, 1.165) is 15.5 Å². The van der Waals surface area contributed by atoms with Gasteiger partial charge in [0, 0.05) is 12.0 Å². The number of para-hydroxylation sites is 1. The van der Waals surface area contributed by atoms with E-state index >= 15 is 0 Å². The quantitative estimate of drug-likeness (QED) is 0.483. The van der Waals surface area contributed by atoms with Crippen LogP contribution in [0.1, 0.15) is 36.1 Å². The number of hydrogen-bond donors (Lipinski definition) is 1. The summed E-state index contributed by atoms with van der Waals surface area (Å²) < 4.78 is 60.8. The van der Waals surface area contributed by atoms with Gasteiger partial charge in [0.25, 0.3) is 10.0 Å². The molecule has 0 saturated carbocycles. The first-order valence-electron chi connectivity index (χ1n) is 11.1. The Morgan fingerprint density at radius 1 is 0.971 bits per heavy atom. The smallest absolute Gasteiger partial charge is 0.279 e. The molecule has 0 aliphatic carbocycles. The number of sulfonamides is 2. The number of anilines is 1. The van der Waals surface area contributed by atoms with Crippen LogP contribution >= 0.6 is 0 Å². The zero-order chi connectivity index (χ0) is 25.2. The molecular weight excluding hydrogens is 486 g/mol. The van der Waals surface area contributed by atoms with Crippen LogP contribution in [-0.4, -0.2) is 39.8 Å². The Kier molecular flexibility index (Phi) is 6.86. The molecule has 0 unspecified atom stereocenters. The van der Waals surface area contributed by atoms with Gasteiger partial charge >= 0.3 is 0 Å². The van der Waals surface area contributed by atoms with Crippen molar-refractivity contribution in [2.75, 3.05) is 17.6 Å². The fraction of sp³-hybridized carbons (Fsp3) is 0.240. The SMILES string of the molecule is CCS(=O)(=O)Nc1ccccc1C1=NN(S(=O)(=O)c2ccc(C)cc2)[C@@H](c2ccc(OC)cc2)C1. The number of methoxy groups -OCH3 is 1. The van der Waals surface area contributed by atoms with Crippen LogP contribution in [0.15, 0.2) is 82.8 Å². The molecule has 0 aromatic heterocycles. The van der Waals surface area contributed by atoms with E-state index in [1.165, 1.54) is 0 Å². The molecule has 35 heavy (non-hydrogen) atoms. The molecule has 0 radical (unpaired) electrons. The number of hydrogen-bond acceptors (Lipinski definition) is 6. The van der Waals surface area contributed by atoms with Crippen LogP contribution in [0, 0.1) is 6.92 Å². The molecular formula is C25H27N3O5S2. The van der Waals surface area contributed by atoms with E-state index in [4.69, 9.17) is 4.74 Å². The topological polar surface area (TPSA) is 105 Å². The van der Waals surface area contributed by atoms with Gasteiger partial charge in [0.2, 0.25) is 10.0 Å². The molecule has 184 valence electrons. The highest BCUT2D eigenvalue weighted by Gasteiger charge is 2.38.